The van der Waals surface area contributed by atoms with Crippen LogP contribution >= 0.6 is 35.4 Å². The molecule has 0 aliphatic carbocycles. The molecule has 172 valence electrons. The van der Waals surface area contributed by atoms with Crippen molar-refractivity contribution < 1.29 is 9.15 Å². The molecule has 4 aromatic rings. The van der Waals surface area contributed by atoms with Gasteiger partial charge >= 0.3 is 0 Å². The van der Waals surface area contributed by atoms with Gasteiger partial charge in [-0.05, 0) is 79.3 Å². The lowest BCUT2D eigenvalue weighted by molar-refractivity contribution is 0.415. The van der Waals surface area contributed by atoms with Gasteiger partial charge in [0.15, 0.2) is 5.11 Å². The van der Waals surface area contributed by atoms with Gasteiger partial charge in [-0.3, -0.25) is 4.98 Å². The Labute approximate surface area is 213 Å². The van der Waals surface area contributed by atoms with E-state index >= 15 is 0 Å². The summed E-state index contributed by atoms with van der Waals surface area (Å²) >= 11 is 18.5. The van der Waals surface area contributed by atoms with Gasteiger partial charge in [0.2, 0.25) is 0 Å². The first-order valence-electron chi connectivity index (χ1n) is 10.7. The van der Waals surface area contributed by atoms with E-state index in [1.165, 1.54) is 0 Å². The smallest absolute Gasteiger partial charge is 0.174 e. The Morgan fingerprint density at radius 1 is 1.06 bits per heavy atom. The summed E-state index contributed by atoms with van der Waals surface area (Å²) in [5, 5.41) is 5.13. The van der Waals surface area contributed by atoms with Gasteiger partial charge < -0.3 is 19.4 Å². The monoisotopic (exact) mass is 509 g/mol. The predicted molar refractivity (Wildman–Crippen MR) is 140 cm³/mol. The lowest BCUT2D eigenvalue weighted by Gasteiger charge is -2.26. The van der Waals surface area contributed by atoms with E-state index in [0.29, 0.717) is 20.9 Å². The molecule has 0 spiro atoms. The van der Waals surface area contributed by atoms with Crippen molar-refractivity contribution >= 4 is 46.2 Å². The molecule has 2 aromatic carbocycles. The van der Waals surface area contributed by atoms with E-state index in [2.05, 4.69) is 10.3 Å². The SMILES string of the molecule is COc1ccc(N2C(=S)N[C@@H](c3ccccn3)[C@H]2c2ccc(-c3cc(Cl)ccc3C)o2)cc1Cl. The summed E-state index contributed by atoms with van der Waals surface area (Å²) in [4.78, 5) is 6.59. The molecule has 1 saturated heterocycles. The van der Waals surface area contributed by atoms with Crippen LogP contribution in [0.4, 0.5) is 5.69 Å². The minimum absolute atomic E-state index is 0.228. The van der Waals surface area contributed by atoms with Crippen LogP contribution in [0.25, 0.3) is 11.3 Å². The Kier molecular flexibility index (Phi) is 6.21. The second-order valence-corrected chi connectivity index (χ2v) is 9.21. The fourth-order valence-corrected chi connectivity index (χ4v) is 5.01. The van der Waals surface area contributed by atoms with E-state index in [1.54, 1.807) is 13.3 Å². The number of thiocarbonyl (C=S) groups is 1. The Morgan fingerprint density at radius 2 is 1.91 bits per heavy atom. The fraction of sp³-hybridized carbons (Fsp3) is 0.154. The van der Waals surface area contributed by atoms with Crippen LogP contribution in [0.5, 0.6) is 5.75 Å². The third-order valence-electron chi connectivity index (χ3n) is 5.90. The third-order valence-corrected chi connectivity index (χ3v) is 6.74. The van der Waals surface area contributed by atoms with Crippen molar-refractivity contribution in [3.63, 3.8) is 0 Å². The van der Waals surface area contributed by atoms with Crippen molar-refractivity contribution in [2.24, 2.45) is 0 Å². The first-order chi connectivity index (χ1) is 16.5. The molecule has 0 saturated carbocycles. The highest BCUT2D eigenvalue weighted by molar-refractivity contribution is 7.80. The number of halogens is 2. The van der Waals surface area contributed by atoms with Crippen LogP contribution in [0.3, 0.4) is 0 Å². The van der Waals surface area contributed by atoms with Crippen LogP contribution in [-0.4, -0.2) is 17.2 Å². The molecular weight excluding hydrogens is 489 g/mol. The van der Waals surface area contributed by atoms with E-state index in [4.69, 9.17) is 44.6 Å². The van der Waals surface area contributed by atoms with Crippen molar-refractivity contribution in [1.82, 2.24) is 10.3 Å². The molecule has 0 amide bonds. The molecule has 5 nitrogen and oxygen atoms in total. The normalized spacial score (nSPS) is 17.6. The summed E-state index contributed by atoms with van der Waals surface area (Å²) in [6.45, 7) is 2.03. The van der Waals surface area contributed by atoms with Gasteiger partial charge in [0.1, 0.15) is 23.3 Å². The summed E-state index contributed by atoms with van der Waals surface area (Å²) in [7, 11) is 1.59. The number of methoxy groups -OCH3 is 1. The van der Waals surface area contributed by atoms with Crippen molar-refractivity contribution in [3.8, 4) is 17.1 Å². The topological polar surface area (TPSA) is 50.5 Å². The molecular formula is C26H21Cl2N3O2S. The quantitative estimate of drug-likeness (QED) is 0.288. The van der Waals surface area contributed by atoms with Crippen LogP contribution in [0.2, 0.25) is 10.0 Å². The zero-order valence-electron chi connectivity index (χ0n) is 18.5. The highest BCUT2D eigenvalue weighted by Gasteiger charge is 2.42. The summed E-state index contributed by atoms with van der Waals surface area (Å²) in [5.41, 5.74) is 3.70. The number of pyridine rings is 1. The molecule has 34 heavy (non-hydrogen) atoms. The number of furan rings is 1. The average Bonchev–Trinajstić information content (AvgIpc) is 3.45. The van der Waals surface area contributed by atoms with Crippen molar-refractivity contribution in [1.29, 1.82) is 0 Å². The number of aromatic nitrogens is 1. The summed E-state index contributed by atoms with van der Waals surface area (Å²) in [5.74, 6) is 2.07. The molecule has 1 fully saturated rings. The van der Waals surface area contributed by atoms with Gasteiger partial charge in [0, 0.05) is 22.5 Å². The van der Waals surface area contributed by atoms with Crippen LogP contribution < -0.4 is 15.0 Å². The Balaban J connectivity index is 1.62. The van der Waals surface area contributed by atoms with E-state index in [1.807, 2.05) is 78.6 Å². The molecule has 2 aromatic heterocycles. The second kappa shape index (κ2) is 9.29. The maximum atomic E-state index is 6.46. The van der Waals surface area contributed by atoms with Crippen molar-refractivity contribution in [3.05, 3.63) is 100.0 Å². The Morgan fingerprint density at radius 3 is 2.65 bits per heavy atom. The fourth-order valence-electron chi connectivity index (χ4n) is 4.24. The van der Waals surface area contributed by atoms with E-state index in [9.17, 15) is 0 Å². The first-order valence-corrected chi connectivity index (χ1v) is 11.8. The largest absolute Gasteiger partial charge is 0.495 e. The summed E-state index contributed by atoms with van der Waals surface area (Å²) in [6.07, 6.45) is 1.77. The summed E-state index contributed by atoms with van der Waals surface area (Å²) < 4.78 is 11.8. The number of benzene rings is 2. The highest BCUT2D eigenvalue weighted by Crippen LogP contribution is 2.44. The van der Waals surface area contributed by atoms with Crippen LogP contribution in [0, 0.1) is 6.92 Å². The minimum atomic E-state index is -0.292. The van der Waals surface area contributed by atoms with Crippen LogP contribution in [0.15, 0.2) is 77.3 Å². The molecule has 1 aliphatic heterocycles. The zero-order chi connectivity index (χ0) is 23.8. The van der Waals surface area contributed by atoms with Gasteiger partial charge in [-0.2, -0.15) is 0 Å². The van der Waals surface area contributed by atoms with E-state index < -0.39 is 0 Å². The van der Waals surface area contributed by atoms with E-state index in [-0.39, 0.29) is 12.1 Å². The van der Waals surface area contributed by atoms with Gasteiger partial charge in [0.05, 0.1) is 23.9 Å². The molecule has 2 atom stereocenters. The standard InChI is InChI=1S/C26H21Cl2N3O2S/c1-15-6-7-16(27)13-18(15)21-10-11-23(33-21)25-24(20-5-3-4-12-29-20)30-26(34)31(25)17-8-9-22(32-2)19(28)14-17/h3-14,24-25H,1-2H3,(H,30,34)/t24-,25+/m0/s1. The maximum Gasteiger partial charge on any atom is 0.174 e. The minimum Gasteiger partial charge on any atom is -0.495 e. The molecule has 5 rings (SSSR count). The van der Waals surface area contributed by atoms with E-state index in [0.717, 1.165) is 34.0 Å². The van der Waals surface area contributed by atoms with Gasteiger partial charge in [-0.25, -0.2) is 0 Å². The zero-order valence-corrected chi connectivity index (χ0v) is 20.8. The molecule has 1 N–H and O–H groups in total. The average molecular weight is 510 g/mol. The van der Waals surface area contributed by atoms with Gasteiger partial charge in [0.25, 0.3) is 0 Å². The third kappa shape index (κ3) is 4.13. The first kappa shape index (κ1) is 22.7. The number of nitrogens with one attached hydrogen (secondary N) is 1. The Hall–Kier alpha value is -3.06. The number of nitrogens with zero attached hydrogens (tertiary/aromatic N) is 2. The molecule has 0 unspecified atom stereocenters. The molecule has 3 heterocycles. The van der Waals surface area contributed by atoms with Crippen molar-refractivity contribution in [2.45, 2.75) is 19.0 Å². The second-order valence-electron chi connectivity index (χ2n) is 7.98. The number of hydrogen-bond acceptors (Lipinski definition) is 4. The van der Waals surface area contributed by atoms with Crippen LogP contribution in [0.1, 0.15) is 29.1 Å². The van der Waals surface area contributed by atoms with Gasteiger partial charge in [-0.15, -0.1) is 0 Å². The lowest BCUT2D eigenvalue weighted by Crippen LogP contribution is -2.29. The number of ether oxygens (including phenoxy) is 1. The molecule has 0 radical (unpaired) electrons. The predicted octanol–water partition coefficient (Wildman–Crippen LogP) is 7.14. The number of anilines is 1. The number of aryl methyl sites for hydroxylation is 1. The number of hydrogen-bond donors (Lipinski definition) is 1. The van der Waals surface area contributed by atoms with Gasteiger partial charge in [-0.1, -0.05) is 35.3 Å². The molecule has 8 heteroatoms. The maximum absolute atomic E-state index is 6.46. The highest BCUT2D eigenvalue weighted by atomic mass is 35.5. The number of rotatable bonds is 5. The van der Waals surface area contributed by atoms with Crippen molar-refractivity contribution in [2.75, 3.05) is 12.0 Å². The summed E-state index contributed by atoms with van der Waals surface area (Å²) in [6, 6.07) is 20.6. The lowest BCUT2D eigenvalue weighted by atomic mass is 10.0. The van der Waals surface area contributed by atoms with Crippen LogP contribution in [-0.2, 0) is 0 Å². The molecule has 1 aliphatic rings. The Bertz CT molecular complexity index is 1360. The molecule has 0 bridgehead atoms.